The van der Waals surface area contributed by atoms with Gasteiger partial charge in [-0.3, -0.25) is 4.79 Å². The number of rotatable bonds is 2. The van der Waals surface area contributed by atoms with Gasteiger partial charge in [0, 0.05) is 30.3 Å². The lowest BCUT2D eigenvalue weighted by molar-refractivity contribution is -0.149. The first-order valence-corrected chi connectivity index (χ1v) is 7.83. The number of carbonyl (C=O) groups excluding carboxylic acids is 1. The number of benzene rings is 2. The highest BCUT2D eigenvalue weighted by molar-refractivity contribution is 5.84. The van der Waals surface area contributed by atoms with Crippen LogP contribution in [0.1, 0.15) is 25.0 Å². The molecule has 3 rings (SSSR count). The second-order valence-corrected chi connectivity index (χ2v) is 6.40. The number of nitrogens with zero attached hydrogens (tertiary/aromatic N) is 1. The molecule has 0 saturated carbocycles. The van der Waals surface area contributed by atoms with Gasteiger partial charge in [0.15, 0.2) is 0 Å². The summed E-state index contributed by atoms with van der Waals surface area (Å²) >= 11 is 0. The molecule has 1 N–H and O–H groups in total. The molecule has 0 saturated heterocycles. The van der Waals surface area contributed by atoms with Crippen molar-refractivity contribution in [2.24, 2.45) is 0 Å². The van der Waals surface area contributed by atoms with E-state index < -0.39 is 5.60 Å². The number of amides is 1. The summed E-state index contributed by atoms with van der Waals surface area (Å²) in [5.41, 5.74) is 0.327. The van der Waals surface area contributed by atoms with Crippen LogP contribution < -0.4 is 9.47 Å². The summed E-state index contributed by atoms with van der Waals surface area (Å²) in [7, 11) is 1.60. The molecule has 126 valence electrons. The Morgan fingerprint density at radius 2 is 1.79 bits per heavy atom. The minimum Gasteiger partial charge on any atom is -0.497 e. The molecule has 0 aliphatic carbocycles. The maximum absolute atomic E-state index is 12.6. The third-order valence-corrected chi connectivity index (χ3v) is 4.00. The van der Waals surface area contributed by atoms with Crippen molar-refractivity contribution in [2.45, 2.75) is 32.5 Å². The fourth-order valence-electron chi connectivity index (χ4n) is 2.74. The van der Waals surface area contributed by atoms with Crippen molar-refractivity contribution in [1.82, 2.24) is 4.90 Å². The summed E-state index contributed by atoms with van der Waals surface area (Å²) in [6, 6.07) is 13.1. The molecule has 5 heteroatoms. The van der Waals surface area contributed by atoms with Crippen LogP contribution in [0.25, 0.3) is 0 Å². The zero-order valence-corrected chi connectivity index (χ0v) is 14.1. The zero-order valence-electron chi connectivity index (χ0n) is 14.1. The van der Waals surface area contributed by atoms with Crippen molar-refractivity contribution in [1.29, 1.82) is 0 Å². The van der Waals surface area contributed by atoms with Crippen molar-refractivity contribution in [2.75, 3.05) is 7.11 Å². The van der Waals surface area contributed by atoms with Crippen LogP contribution >= 0.6 is 0 Å². The predicted octanol–water partition coefficient (Wildman–Crippen LogP) is 3.10. The van der Waals surface area contributed by atoms with E-state index in [1.165, 1.54) is 13.8 Å². The van der Waals surface area contributed by atoms with Crippen LogP contribution in [-0.2, 0) is 17.9 Å². The maximum atomic E-state index is 12.6. The maximum Gasteiger partial charge on any atom is 0.254 e. The molecule has 1 aliphatic heterocycles. The van der Waals surface area contributed by atoms with Gasteiger partial charge in [-0.25, -0.2) is 0 Å². The summed E-state index contributed by atoms with van der Waals surface area (Å²) in [5.74, 6) is 1.71. The number of methoxy groups -OCH3 is 1. The summed E-state index contributed by atoms with van der Waals surface area (Å²) < 4.78 is 11.3. The topological polar surface area (TPSA) is 59.0 Å². The molecule has 0 spiro atoms. The van der Waals surface area contributed by atoms with Gasteiger partial charge in [-0.2, -0.15) is 0 Å². The van der Waals surface area contributed by atoms with E-state index in [1.54, 1.807) is 12.0 Å². The zero-order chi connectivity index (χ0) is 17.3. The molecule has 24 heavy (non-hydrogen) atoms. The minimum absolute atomic E-state index is 0.319. The van der Waals surface area contributed by atoms with Crippen LogP contribution in [0.3, 0.4) is 0 Å². The lowest BCUT2D eigenvalue weighted by Gasteiger charge is -2.31. The smallest absolute Gasteiger partial charge is 0.254 e. The van der Waals surface area contributed by atoms with Gasteiger partial charge in [-0.05, 0) is 32.0 Å². The van der Waals surface area contributed by atoms with Crippen LogP contribution in [0.2, 0.25) is 0 Å². The first-order valence-electron chi connectivity index (χ1n) is 7.83. The van der Waals surface area contributed by atoms with Crippen LogP contribution in [0.15, 0.2) is 42.5 Å². The number of hydrogen-bond donors (Lipinski definition) is 1. The van der Waals surface area contributed by atoms with Gasteiger partial charge in [0.1, 0.15) is 22.8 Å². The van der Waals surface area contributed by atoms with E-state index in [4.69, 9.17) is 9.47 Å². The highest BCUT2D eigenvalue weighted by atomic mass is 16.5. The van der Waals surface area contributed by atoms with Crippen LogP contribution in [0, 0.1) is 0 Å². The largest absolute Gasteiger partial charge is 0.497 e. The van der Waals surface area contributed by atoms with Crippen LogP contribution in [-0.4, -0.2) is 28.6 Å². The van der Waals surface area contributed by atoms with E-state index in [1.807, 2.05) is 42.5 Å². The lowest BCUT2D eigenvalue weighted by atomic mass is 10.0. The first kappa shape index (κ1) is 16.3. The van der Waals surface area contributed by atoms with E-state index in [0.717, 1.165) is 11.1 Å². The van der Waals surface area contributed by atoms with Gasteiger partial charge in [0.2, 0.25) is 0 Å². The normalized spacial score (nSPS) is 13.9. The van der Waals surface area contributed by atoms with Gasteiger partial charge in [0.05, 0.1) is 7.11 Å². The highest BCUT2D eigenvalue weighted by Crippen LogP contribution is 2.35. The van der Waals surface area contributed by atoms with Gasteiger partial charge < -0.3 is 19.5 Å². The van der Waals surface area contributed by atoms with Crippen molar-refractivity contribution in [3.8, 4) is 17.2 Å². The van der Waals surface area contributed by atoms with Gasteiger partial charge >= 0.3 is 0 Å². The van der Waals surface area contributed by atoms with Gasteiger partial charge in [-0.15, -0.1) is 0 Å². The molecule has 2 aromatic carbocycles. The number of aliphatic hydroxyl groups is 1. The number of carbonyl (C=O) groups is 1. The van der Waals surface area contributed by atoms with Gasteiger partial charge in [0.25, 0.3) is 5.91 Å². The quantitative estimate of drug-likeness (QED) is 0.921. The molecule has 1 aliphatic rings. The molecule has 0 fully saturated rings. The van der Waals surface area contributed by atoms with Crippen molar-refractivity contribution in [3.05, 3.63) is 53.6 Å². The molecule has 0 atom stereocenters. The lowest BCUT2D eigenvalue weighted by Crippen LogP contribution is -2.44. The third kappa shape index (κ3) is 3.21. The monoisotopic (exact) mass is 327 g/mol. The molecule has 1 heterocycles. The fourth-order valence-corrected chi connectivity index (χ4v) is 2.74. The predicted molar refractivity (Wildman–Crippen MR) is 90.1 cm³/mol. The summed E-state index contributed by atoms with van der Waals surface area (Å²) in [4.78, 5) is 14.3. The Hall–Kier alpha value is -2.53. The molecular formula is C19H21NO4. The number of para-hydroxylation sites is 1. The number of ether oxygens (including phenoxy) is 2. The molecular weight excluding hydrogens is 306 g/mol. The standard InChI is InChI=1S/C19H21NO4/c1-19(2,22)18(21)20-11-13-6-4-5-7-16(13)24-17-10-15(23-3)9-8-14(17)12-20/h4-10,22H,11-12H2,1-3H3. The Kier molecular flexibility index (Phi) is 4.20. The van der Waals surface area contributed by atoms with E-state index >= 15 is 0 Å². The average molecular weight is 327 g/mol. The minimum atomic E-state index is -1.43. The average Bonchev–Trinajstić information content (AvgIpc) is 2.53. The fraction of sp³-hybridized carbons (Fsp3) is 0.316. The molecule has 0 aromatic heterocycles. The molecule has 0 radical (unpaired) electrons. The second kappa shape index (κ2) is 6.17. The Balaban J connectivity index is 2.08. The van der Waals surface area contributed by atoms with E-state index in [0.29, 0.717) is 30.3 Å². The van der Waals surface area contributed by atoms with Crippen LogP contribution in [0.4, 0.5) is 0 Å². The number of hydrogen-bond acceptors (Lipinski definition) is 4. The molecule has 2 aromatic rings. The van der Waals surface area contributed by atoms with E-state index in [2.05, 4.69) is 0 Å². The highest BCUT2D eigenvalue weighted by Gasteiger charge is 2.31. The van der Waals surface area contributed by atoms with E-state index in [9.17, 15) is 9.90 Å². The Morgan fingerprint density at radius 1 is 1.12 bits per heavy atom. The third-order valence-electron chi connectivity index (χ3n) is 4.00. The molecule has 1 amide bonds. The van der Waals surface area contributed by atoms with Crippen LogP contribution in [0.5, 0.6) is 17.2 Å². The Labute approximate surface area is 141 Å². The van der Waals surface area contributed by atoms with E-state index in [-0.39, 0.29) is 5.91 Å². The molecule has 5 nitrogen and oxygen atoms in total. The van der Waals surface area contributed by atoms with Crippen molar-refractivity contribution >= 4 is 5.91 Å². The van der Waals surface area contributed by atoms with Crippen molar-refractivity contribution < 1.29 is 19.4 Å². The molecule has 0 bridgehead atoms. The summed E-state index contributed by atoms with van der Waals surface area (Å²) in [6.45, 7) is 3.75. The Bertz CT molecular complexity index is 764. The summed E-state index contributed by atoms with van der Waals surface area (Å²) in [5, 5.41) is 10.1. The second-order valence-electron chi connectivity index (χ2n) is 6.40. The SMILES string of the molecule is COc1ccc2c(c1)Oc1ccccc1CN(C(=O)C(C)(C)O)C2. The first-order chi connectivity index (χ1) is 11.4. The van der Waals surface area contributed by atoms with Gasteiger partial charge in [-0.1, -0.05) is 18.2 Å². The van der Waals surface area contributed by atoms with Crippen molar-refractivity contribution in [3.63, 3.8) is 0 Å². The molecule has 0 unspecified atom stereocenters. The Morgan fingerprint density at radius 3 is 2.46 bits per heavy atom. The number of fused-ring (bicyclic) bond motifs is 2. The summed E-state index contributed by atoms with van der Waals surface area (Å²) in [6.07, 6.45) is 0.